The van der Waals surface area contributed by atoms with Gasteiger partial charge in [-0.15, -0.1) is 0 Å². The molecule has 5 nitrogen and oxygen atoms in total. The lowest BCUT2D eigenvalue weighted by Gasteiger charge is -2.07. The van der Waals surface area contributed by atoms with Gasteiger partial charge in [-0.1, -0.05) is 18.5 Å². The number of carbonyl (C=O) groups excluding carboxylic acids is 1. The van der Waals surface area contributed by atoms with Crippen molar-refractivity contribution in [3.63, 3.8) is 0 Å². The molecule has 2 aromatic heterocycles. The molecule has 6 heteroatoms. The number of aryl methyl sites for hydroxylation is 2. The molecule has 2 aromatic rings. The Morgan fingerprint density at radius 1 is 1.47 bits per heavy atom. The first-order valence-corrected chi connectivity index (χ1v) is 6.39. The maximum Gasteiger partial charge on any atom is 0.251 e. The first kappa shape index (κ1) is 13.5. The predicted octanol–water partition coefficient (Wildman–Crippen LogP) is 1.96. The molecule has 0 aliphatic carbocycles. The Labute approximate surface area is 116 Å². The molecule has 100 valence electrons. The second kappa shape index (κ2) is 5.84. The van der Waals surface area contributed by atoms with Gasteiger partial charge in [-0.2, -0.15) is 5.10 Å². The zero-order chi connectivity index (χ0) is 13.8. The molecule has 0 saturated carbocycles. The molecule has 0 bridgehead atoms. The molecule has 1 N–H and O–H groups in total. The first-order chi connectivity index (χ1) is 9.10. The topological polar surface area (TPSA) is 59.8 Å². The van der Waals surface area contributed by atoms with Crippen molar-refractivity contribution in [3.05, 3.63) is 46.5 Å². The van der Waals surface area contributed by atoms with Gasteiger partial charge >= 0.3 is 0 Å². The molecule has 1 amide bonds. The van der Waals surface area contributed by atoms with E-state index in [-0.39, 0.29) is 5.91 Å². The third-order valence-electron chi connectivity index (χ3n) is 2.82. The highest BCUT2D eigenvalue weighted by Gasteiger charge is 2.09. The average Bonchev–Trinajstić information content (AvgIpc) is 2.80. The summed E-state index contributed by atoms with van der Waals surface area (Å²) in [4.78, 5) is 16.2. The summed E-state index contributed by atoms with van der Waals surface area (Å²) in [7, 11) is 1.83. The van der Waals surface area contributed by atoms with E-state index in [9.17, 15) is 4.79 Å². The summed E-state index contributed by atoms with van der Waals surface area (Å²) in [5.41, 5.74) is 2.27. The third-order valence-corrected chi connectivity index (χ3v) is 3.02. The Hall–Kier alpha value is -1.88. The lowest BCUT2D eigenvalue weighted by Crippen LogP contribution is -2.24. The van der Waals surface area contributed by atoms with Crippen molar-refractivity contribution in [3.8, 4) is 0 Å². The number of nitrogens with one attached hydrogen (secondary N) is 1. The number of hydrogen-bond donors (Lipinski definition) is 1. The van der Waals surface area contributed by atoms with Crippen molar-refractivity contribution in [2.75, 3.05) is 0 Å². The quantitative estimate of drug-likeness (QED) is 0.870. The number of nitrogens with zero attached hydrogens (tertiary/aromatic N) is 3. The molecule has 0 saturated heterocycles. The molecule has 0 atom stereocenters. The molecular weight excluding hydrogens is 264 g/mol. The molecule has 2 heterocycles. The Morgan fingerprint density at radius 3 is 2.89 bits per heavy atom. The van der Waals surface area contributed by atoms with Gasteiger partial charge in [0.2, 0.25) is 0 Å². The van der Waals surface area contributed by atoms with Crippen LogP contribution in [-0.2, 0) is 20.0 Å². The summed E-state index contributed by atoms with van der Waals surface area (Å²) < 4.78 is 1.72. The van der Waals surface area contributed by atoms with Gasteiger partial charge < -0.3 is 5.32 Å². The molecule has 0 spiro atoms. The Balaban J connectivity index is 2.08. The van der Waals surface area contributed by atoms with Crippen LogP contribution in [0.25, 0.3) is 0 Å². The normalized spacial score (nSPS) is 10.5. The molecule has 0 aliphatic rings. The number of halogens is 1. The summed E-state index contributed by atoms with van der Waals surface area (Å²) in [6, 6.07) is 5.18. The SMILES string of the molecule is CCc1cc(C(=O)NCc2ccnn2C)cc(Cl)n1. The predicted molar refractivity (Wildman–Crippen MR) is 73.0 cm³/mol. The fourth-order valence-corrected chi connectivity index (χ4v) is 1.94. The summed E-state index contributed by atoms with van der Waals surface area (Å²) in [5, 5.41) is 7.22. The smallest absolute Gasteiger partial charge is 0.251 e. The highest BCUT2D eigenvalue weighted by molar-refractivity contribution is 6.29. The number of rotatable bonds is 4. The van der Waals surface area contributed by atoms with Crippen molar-refractivity contribution in [2.24, 2.45) is 7.05 Å². The van der Waals surface area contributed by atoms with Gasteiger partial charge in [-0.05, 0) is 24.6 Å². The minimum absolute atomic E-state index is 0.166. The molecule has 0 radical (unpaired) electrons. The Bertz CT molecular complexity index is 594. The molecular formula is C13H15ClN4O. The first-order valence-electron chi connectivity index (χ1n) is 6.01. The molecule has 0 fully saturated rings. The van der Waals surface area contributed by atoms with Crippen LogP contribution in [0.3, 0.4) is 0 Å². The van der Waals surface area contributed by atoms with E-state index in [4.69, 9.17) is 11.6 Å². The van der Waals surface area contributed by atoms with Crippen LogP contribution < -0.4 is 5.32 Å². The number of hydrogen-bond acceptors (Lipinski definition) is 3. The molecule has 0 aliphatic heterocycles. The fraction of sp³-hybridized carbons (Fsp3) is 0.308. The van der Waals surface area contributed by atoms with E-state index in [0.717, 1.165) is 17.8 Å². The average molecular weight is 279 g/mol. The van der Waals surface area contributed by atoms with E-state index in [1.807, 2.05) is 20.0 Å². The minimum Gasteiger partial charge on any atom is -0.346 e. The number of pyridine rings is 1. The van der Waals surface area contributed by atoms with E-state index in [1.54, 1.807) is 23.0 Å². The minimum atomic E-state index is -0.166. The number of aromatic nitrogens is 3. The monoisotopic (exact) mass is 278 g/mol. The third kappa shape index (κ3) is 3.32. The summed E-state index contributed by atoms with van der Waals surface area (Å²) >= 11 is 5.89. The van der Waals surface area contributed by atoms with Crippen LogP contribution in [0.2, 0.25) is 5.15 Å². The van der Waals surface area contributed by atoms with Crippen molar-refractivity contribution >= 4 is 17.5 Å². The van der Waals surface area contributed by atoms with Crippen molar-refractivity contribution in [1.29, 1.82) is 0 Å². The van der Waals surface area contributed by atoms with Crippen LogP contribution in [-0.4, -0.2) is 20.7 Å². The Morgan fingerprint density at radius 2 is 2.26 bits per heavy atom. The van der Waals surface area contributed by atoms with E-state index in [1.165, 1.54) is 0 Å². The van der Waals surface area contributed by atoms with Gasteiger partial charge in [0.1, 0.15) is 5.15 Å². The van der Waals surface area contributed by atoms with Crippen molar-refractivity contribution in [2.45, 2.75) is 19.9 Å². The number of carbonyl (C=O) groups is 1. The summed E-state index contributed by atoms with van der Waals surface area (Å²) in [6.07, 6.45) is 2.43. The molecule has 0 unspecified atom stereocenters. The van der Waals surface area contributed by atoms with E-state index >= 15 is 0 Å². The van der Waals surface area contributed by atoms with Gasteiger partial charge in [-0.3, -0.25) is 9.48 Å². The van der Waals surface area contributed by atoms with Gasteiger partial charge in [-0.25, -0.2) is 4.98 Å². The van der Waals surface area contributed by atoms with Gasteiger partial charge in [0.25, 0.3) is 5.91 Å². The lowest BCUT2D eigenvalue weighted by molar-refractivity contribution is 0.0950. The Kier molecular flexibility index (Phi) is 4.16. The molecule has 19 heavy (non-hydrogen) atoms. The van der Waals surface area contributed by atoms with Crippen molar-refractivity contribution in [1.82, 2.24) is 20.1 Å². The molecule has 2 rings (SSSR count). The van der Waals surface area contributed by atoms with Gasteiger partial charge in [0.15, 0.2) is 0 Å². The largest absolute Gasteiger partial charge is 0.346 e. The summed E-state index contributed by atoms with van der Waals surface area (Å²) in [5.74, 6) is -0.166. The van der Waals surface area contributed by atoms with Crippen LogP contribution >= 0.6 is 11.6 Å². The van der Waals surface area contributed by atoms with Gasteiger partial charge in [0.05, 0.1) is 12.2 Å². The summed E-state index contributed by atoms with van der Waals surface area (Å²) in [6.45, 7) is 2.40. The molecule has 0 aromatic carbocycles. The van der Waals surface area contributed by atoms with E-state index < -0.39 is 0 Å². The highest BCUT2D eigenvalue weighted by atomic mass is 35.5. The second-order valence-corrected chi connectivity index (χ2v) is 4.54. The van der Waals surface area contributed by atoms with Crippen LogP contribution in [0.15, 0.2) is 24.4 Å². The standard InChI is InChI=1S/C13H15ClN4O/c1-3-10-6-9(7-12(14)17-10)13(19)15-8-11-4-5-16-18(11)2/h4-7H,3,8H2,1-2H3,(H,15,19). The van der Waals surface area contributed by atoms with E-state index in [2.05, 4.69) is 15.4 Å². The van der Waals surface area contributed by atoms with Crippen LogP contribution in [0.1, 0.15) is 28.7 Å². The van der Waals surface area contributed by atoms with Crippen LogP contribution in [0.5, 0.6) is 0 Å². The fourth-order valence-electron chi connectivity index (χ4n) is 1.71. The van der Waals surface area contributed by atoms with Crippen molar-refractivity contribution < 1.29 is 4.79 Å². The van der Waals surface area contributed by atoms with Crippen LogP contribution in [0, 0.1) is 0 Å². The zero-order valence-corrected chi connectivity index (χ0v) is 11.6. The maximum absolute atomic E-state index is 12.0. The second-order valence-electron chi connectivity index (χ2n) is 4.15. The van der Waals surface area contributed by atoms with E-state index in [0.29, 0.717) is 17.3 Å². The maximum atomic E-state index is 12.0. The zero-order valence-electron chi connectivity index (χ0n) is 10.9. The highest BCUT2D eigenvalue weighted by Crippen LogP contribution is 2.11. The van der Waals surface area contributed by atoms with Gasteiger partial charge in [0, 0.05) is 24.5 Å². The van der Waals surface area contributed by atoms with Crippen LogP contribution in [0.4, 0.5) is 0 Å². The lowest BCUT2D eigenvalue weighted by atomic mass is 10.2. The number of amides is 1.